The fourth-order valence-corrected chi connectivity index (χ4v) is 3.89. The number of aliphatic hydroxyl groups excluding tert-OH is 1. The average molecular weight is 283 g/mol. The summed E-state index contributed by atoms with van der Waals surface area (Å²) in [5, 5.41) is 12.3. The van der Waals surface area contributed by atoms with E-state index < -0.39 is 0 Å². The molecule has 3 atom stereocenters. The third kappa shape index (κ3) is 3.95. The Balaban J connectivity index is 1.84. The van der Waals surface area contributed by atoms with E-state index in [0.29, 0.717) is 31.4 Å². The number of amides is 1. The monoisotopic (exact) mass is 283 g/mol. The number of aliphatic hydroxyl groups is 1. The molecule has 20 heavy (non-hydrogen) atoms. The molecular weight excluding hydrogens is 254 g/mol. The van der Waals surface area contributed by atoms with Crippen molar-refractivity contribution in [1.29, 1.82) is 0 Å². The Morgan fingerprint density at radius 2 is 2.00 bits per heavy atom. The highest BCUT2D eigenvalue weighted by molar-refractivity contribution is 5.78. The van der Waals surface area contributed by atoms with Crippen molar-refractivity contribution < 1.29 is 14.6 Å². The van der Waals surface area contributed by atoms with Crippen molar-refractivity contribution >= 4 is 5.91 Å². The summed E-state index contributed by atoms with van der Waals surface area (Å²) in [5.41, 5.74) is -0.0453. The Morgan fingerprint density at radius 1 is 1.30 bits per heavy atom. The molecule has 1 heterocycles. The summed E-state index contributed by atoms with van der Waals surface area (Å²) in [6.45, 7) is 6.70. The van der Waals surface area contributed by atoms with E-state index in [9.17, 15) is 9.90 Å². The Kier molecular flexibility index (Phi) is 5.44. The lowest BCUT2D eigenvalue weighted by atomic mass is 9.76. The van der Waals surface area contributed by atoms with Crippen LogP contribution in [0.3, 0.4) is 0 Å². The van der Waals surface area contributed by atoms with Gasteiger partial charge in [-0.25, -0.2) is 0 Å². The molecule has 2 fully saturated rings. The average Bonchev–Trinajstić information content (AvgIpc) is 2.84. The fourth-order valence-electron chi connectivity index (χ4n) is 3.89. The molecule has 1 aliphatic carbocycles. The molecule has 0 aromatic rings. The Bertz CT molecular complexity index is 316. The topological polar surface area (TPSA) is 58.6 Å². The summed E-state index contributed by atoms with van der Waals surface area (Å²) in [4.78, 5) is 12.4. The van der Waals surface area contributed by atoms with Crippen LogP contribution in [-0.4, -0.2) is 37.4 Å². The predicted molar refractivity (Wildman–Crippen MR) is 78.3 cm³/mol. The van der Waals surface area contributed by atoms with Gasteiger partial charge in [-0.1, -0.05) is 13.8 Å². The summed E-state index contributed by atoms with van der Waals surface area (Å²) in [6, 6.07) is 0. The number of ether oxygens (including phenoxy) is 1. The van der Waals surface area contributed by atoms with Crippen LogP contribution in [0.2, 0.25) is 0 Å². The van der Waals surface area contributed by atoms with E-state index in [2.05, 4.69) is 19.2 Å². The standard InChI is InChI=1S/C16H29NO3/c1-12-7-13(2)9-14(8-12)15(19)17-10-16(3-5-18)4-6-20-11-16/h12-14,18H,3-11H2,1-2H3,(H,17,19). The van der Waals surface area contributed by atoms with Crippen molar-refractivity contribution in [3.63, 3.8) is 0 Å². The lowest BCUT2D eigenvalue weighted by Crippen LogP contribution is -2.42. The van der Waals surface area contributed by atoms with Crippen molar-refractivity contribution in [2.45, 2.75) is 46.0 Å². The molecule has 3 unspecified atom stereocenters. The quantitative estimate of drug-likeness (QED) is 0.811. The molecule has 2 aliphatic rings. The number of rotatable bonds is 5. The van der Waals surface area contributed by atoms with Crippen molar-refractivity contribution in [2.24, 2.45) is 23.2 Å². The van der Waals surface area contributed by atoms with Gasteiger partial charge in [-0.15, -0.1) is 0 Å². The smallest absolute Gasteiger partial charge is 0.223 e. The second-order valence-electron chi connectivity index (χ2n) is 7.11. The first kappa shape index (κ1) is 15.8. The number of carbonyl (C=O) groups is 1. The lowest BCUT2D eigenvalue weighted by Gasteiger charge is -2.32. The highest BCUT2D eigenvalue weighted by Gasteiger charge is 2.36. The second-order valence-corrected chi connectivity index (χ2v) is 7.11. The van der Waals surface area contributed by atoms with Crippen molar-refractivity contribution in [3.05, 3.63) is 0 Å². The maximum absolute atomic E-state index is 12.4. The molecular formula is C16H29NO3. The molecule has 2 rings (SSSR count). The van der Waals surface area contributed by atoms with Gasteiger partial charge in [0.25, 0.3) is 0 Å². The molecule has 4 heteroatoms. The Labute approximate surface area is 122 Å². The largest absolute Gasteiger partial charge is 0.396 e. The molecule has 0 bridgehead atoms. The first-order valence-electron chi connectivity index (χ1n) is 8.01. The number of nitrogens with one attached hydrogen (secondary N) is 1. The van der Waals surface area contributed by atoms with Gasteiger partial charge in [0.05, 0.1) is 6.61 Å². The minimum atomic E-state index is -0.0453. The van der Waals surface area contributed by atoms with Crippen molar-refractivity contribution in [2.75, 3.05) is 26.4 Å². The van der Waals surface area contributed by atoms with E-state index in [1.54, 1.807) is 0 Å². The molecule has 1 saturated heterocycles. The predicted octanol–water partition coefficient (Wildman–Crippen LogP) is 1.96. The van der Waals surface area contributed by atoms with E-state index in [1.807, 2.05) is 0 Å². The Morgan fingerprint density at radius 3 is 2.55 bits per heavy atom. The van der Waals surface area contributed by atoms with Crippen LogP contribution in [0.4, 0.5) is 0 Å². The molecule has 1 aliphatic heterocycles. The number of carbonyl (C=O) groups excluding carboxylic acids is 1. The van der Waals surface area contributed by atoms with Crippen molar-refractivity contribution in [3.8, 4) is 0 Å². The molecule has 0 aromatic carbocycles. The van der Waals surface area contributed by atoms with Gasteiger partial charge in [0.15, 0.2) is 0 Å². The van der Waals surface area contributed by atoms with Crippen LogP contribution in [0.5, 0.6) is 0 Å². The van der Waals surface area contributed by atoms with Gasteiger partial charge < -0.3 is 15.2 Å². The van der Waals surface area contributed by atoms with Crippen LogP contribution in [0, 0.1) is 23.2 Å². The maximum Gasteiger partial charge on any atom is 0.223 e. The summed E-state index contributed by atoms with van der Waals surface area (Å²) >= 11 is 0. The van der Waals surface area contributed by atoms with Crippen LogP contribution < -0.4 is 5.32 Å². The first-order valence-corrected chi connectivity index (χ1v) is 8.01. The lowest BCUT2D eigenvalue weighted by molar-refractivity contribution is -0.127. The minimum Gasteiger partial charge on any atom is -0.396 e. The van der Waals surface area contributed by atoms with Gasteiger partial charge in [0.2, 0.25) is 5.91 Å². The summed E-state index contributed by atoms with van der Waals surface area (Å²) < 4.78 is 5.46. The third-order valence-electron chi connectivity index (χ3n) is 5.01. The van der Waals surface area contributed by atoms with Crippen LogP contribution >= 0.6 is 0 Å². The molecule has 4 nitrogen and oxygen atoms in total. The minimum absolute atomic E-state index is 0.0453. The fraction of sp³-hybridized carbons (Fsp3) is 0.938. The summed E-state index contributed by atoms with van der Waals surface area (Å²) in [6.07, 6.45) is 4.92. The normalized spacial score (nSPS) is 37.9. The molecule has 0 aromatic heterocycles. The zero-order chi connectivity index (χ0) is 14.6. The molecule has 2 N–H and O–H groups in total. The molecule has 1 amide bonds. The van der Waals surface area contributed by atoms with Crippen LogP contribution in [-0.2, 0) is 9.53 Å². The third-order valence-corrected chi connectivity index (χ3v) is 5.01. The van der Waals surface area contributed by atoms with E-state index in [1.165, 1.54) is 6.42 Å². The highest BCUT2D eigenvalue weighted by Crippen LogP contribution is 2.34. The van der Waals surface area contributed by atoms with Crippen LogP contribution in [0.1, 0.15) is 46.0 Å². The molecule has 0 spiro atoms. The van der Waals surface area contributed by atoms with Gasteiger partial charge in [0.1, 0.15) is 0 Å². The second kappa shape index (κ2) is 6.90. The number of hydrogen-bond donors (Lipinski definition) is 2. The van der Waals surface area contributed by atoms with Gasteiger partial charge in [0, 0.05) is 31.1 Å². The van der Waals surface area contributed by atoms with E-state index >= 15 is 0 Å². The molecule has 1 saturated carbocycles. The first-order chi connectivity index (χ1) is 9.54. The van der Waals surface area contributed by atoms with Gasteiger partial charge in [-0.05, 0) is 43.9 Å². The molecule has 116 valence electrons. The molecule has 0 radical (unpaired) electrons. The summed E-state index contributed by atoms with van der Waals surface area (Å²) in [5.74, 6) is 1.67. The summed E-state index contributed by atoms with van der Waals surface area (Å²) in [7, 11) is 0. The number of hydrogen-bond acceptors (Lipinski definition) is 3. The van der Waals surface area contributed by atoms with E-state index in [4.69, 9.17) is 4.74 Å². The highest BCUT2D eigenvalue weighted by atomic mass is 16.5. The zero-order valence-electron chi connectivity index (χ0n) is 12.9. The van der Waals surface area contributed by atoms with Gasteiger partial charge in [-0.2, -0.15) is 0 Å². The van der Waals surface area contributed by atoms with Gasteiger partial charge in [-0.3, -0.25) is 4.79 Å². The van der Waals surface area contributed by atoms with Crippen LogP contribution in [0.25, 0.3) is 0 Å². The SMILES string of the molecule is CC1CC(C)CC(C(=O)NCC2(CCO)CCOC2)C1. The van der Waals surface area contributed by atoms with Crippen LogP contribution in [0.15, 0.2) is 0 Å². The maximum atomic E-state index is 12.4. The van der Waals surface area contributed by atoms with E-state index in [0.717, 1.165) is 25.9 Å². The van der Waals surface area contributed by atoms with E-state index in [-0.39, 0.29) is 23.8 Å². The van der Waals surface area contributed by atoms with Crippen molar-refractivity contribution in [1.82, 2.24) is 5.32 Å². The zero-order valence-corrected chi connectivity index (χ0v) is 12.9. The Hall–Kier alpha value is -0.610. The van der Waals surface area contributed by atoms with Gasteiger partial charge >= 0.3 is 0 Å².